The largest absolute Gasteiger partial charge is 0.497 e. The highest BCUT2D eigenvalue weighted by Gasteiger charge is 2.05. The van der Waals surface area contributed by atoms with Gasteiger partial charge < -0.3 is 4.74 Å². The number of hydrogen-bond donors (Lipinski definition) is 0. The zero-order valence-electron chi connectivity index (χ0n) is 23.2. The lowest BCUT2D eigenvalue weighted by Gasteiger charge is -2.15. The molecule has 0 aromatic heterocycles. The Morgan fingerprint density at radius 3 is 1.53 bits per heavy atom. The third-order valence-corrected chi connectivity index (χ3v) is 4.94. The predicted octanol–water partition coefficient (Wildman–Crippen LogP) is 10.8. The van der Waals surface area contributed by atoms with E-state index in [-0.39, 0.29) is 0 Å². The van der Waals surface area contributed by atoms with Crippen LogP contribution in [0.4, 0.5) is 0 Å². The molecule has 0 heterocycles. The molecule has 0 spiro atoms. The maximum absolute atomic E-state index is 5.01. The Kier molecular flexibility index (Phi) is 39.6. The molecule has 0 radical (unpaired) electrons. The second-order valence-electron chi connectivity index (χ2n) is 7.25. The number of rotatable bonds is 5. The summed E-state index contributed by atoms with van der Waals surface area (Å²) >= 11 is 0. The van der Waals surface area contributed by atoms with E-state index < -0.39 is 0 Å². The molecule has 1 aliphatic rings. The number of methoxy groups -OCH3 is 1. The first-order valence-electron chi connectivity index (χ1n) is 13.2. The molecule has 2 rings (SSSR count). The molecule has 1 aromatic rings. The van der Waals surface area contributed by atoms with E-state index in [9.17, 15) is 0 Å². The monoisotopic (exact) mass is 424 g/mol. The minimum absolute atomic E-state index is 0.928. The van der Waals surface area contributed by atoms with Crippen molar-refractivity contribution in [3.8, 4) is 5.75 Å². The van der Waals surface area contributed by atoms with E-state index in [1.807, 2.05) is 53.7 Å². The molecule has 1 heteroatoms. The summed E-state index contributed by atoms with van der Waals surface area (Å²) in [4.78, 5) is 0. The molecule has 182 valence electrons. The quantitative estimate of drug-likeness (QED) is 0.456. The normalized spacial score (nSPS) is 12.9. The van der Waals surface area contributed by atoms with Crippen molar-refractivity contribution in [2.24, 2.45) is 11.8 Å². The van der Waals surface area contributed by atoms with E-state index in [1.165, 1.54) is 56.9 Å². The van der Waals surface area contributed by atoms with Gasteiger partial charge in [-0.25, -0.2) is 0 Å². The van der Waals surface area contributed by atoms with Gasteiger partial charge in [0, 0.05) is 0 Å². The summed E-state index contributed by atoms with van der Waals surface area (Å²) in [6, 6.07) is 8.13. The van der Waals surface area contributed by atoms with Gasteiger partial charge in [-0.3, -0.25) is 0 Å². The molecular weight excluding hydrogens is 364 g/mol. The maximum atomic E-state index is 5.01. The van der Waals surface area contributed by atoms with Crippen LogP contribution in [-0.2, 0) is 6.42 Å². The predicted molar refractivity (Wildman–Crippen MR) is 143 cm³/mol. The van der Waals surface area contributed by atoms with Crippen molar-refractivity contribution in [3.63, 3.8) is 0 Å². The summed E-state index contributed by atoms with van der Waals surface area (Å²) in [7, 11) is 1.68. The lowest BCUT2D eigenvalue weighted by Crippen LogP contribution is -1.99. The second kappa shape index (κ2) is 32.7. The SMILES string of the molecule is CC.CC.CC.CC1CCCCC1.CCCC(C)CC.CCc1ccc(OC)cc1. The van der Waals surface area contributed by atoms with Gasteiger partial charge in [0.05, 0.1) is 7.11 Å². The van der Waals surface area contributed by atoms with Gasteiger partial charge in [0.25, 0.3) is 0 Å². The smallest absolute Gasteiger partial charge is 0.118 e. The van der Waals surface area contributed by atoms with Gasteiger partial charge in [-0.2, -0.15) is 0 Å². The van der Waals surface area contributed by atoms with Crippen LogP contribution in [0.5, 0.6) is 5.75 Å². The molecule has 0 bridgehead atoms. The highest BCUT2D eigenvalue weighted by molar-refractivity contribution is 5.26. The molecule has 1 unspecified atom stereocenters. The summed E-state index contributed by atoms with van der Waals surface area (Å²) in [5, 5.41) is 0. The summed E-state index contributed by atoms with van der Waals surface area (Å²) in [6.45, 7) is 23.3. The Balaban J connectivity index is -0.000000152. The van der Waals surface area contributed by atoms with Gasteiger partial charge >= 0.3 is 0 Å². The zero-order chi connectivity index (χ0) is 24.2. The highest BCUT2D eigenvalue weighted by atomic mass is 16.5. The molecule has 30 heavy (non-hydrogen) atoms. The molecule has 0 aliphatic heterocycles. The fourth-order valence-electron chi connectivity index (χ4n) is 2.86. The summed E-state index contributed by atoms with van der Waals surface area (Å²) in [5.74, 6) is 2.91. The summed E-state index contributed by atoms with van der Waals surface area (Å²) < 4.78 is 5.01. The van der Waals surface area contributed by atoms with Crippen LogP contribution in [-0.4, -0.2) is 7.11 Å². The summed E-state index contributed by atoms with van der Waals surface area (Å²) in [5.41, 5.74) is 1.35. The van der Waals surface area contributed by atoms with Crippen molar-refractivity contribution < 1.29 is 4.74 Å². The van der Waals surface area contributed by atoms with Crippen LogP contribution < -0.4 is 4.74 Å². The van der Waals surface area contributed by atoms with Gasteiger partial charge in [0.15, 0.2) is 0 Å². The van der Waals surface area contributed by atoms with Crippen molar-refractivity contribution in [2.45, 2.75) is 134 Å². The van der Waals surface area contributed by atoms with Gasteiger partial charge in [-0.15, -0.1) is 0 Å². The Morgan fingerprint density at radius 1 is 0.833 bits per heavy atom. The van der Waals surface area contributed by atoms with Crippen molar-refractivity contribution in [3.05, 3.63) is 29.8 Å². The molecule has 0 N–H and O–H groups in total. The van der Waals surface area contributed by atoms with Crippen molar-refractivity contribution in [2.75, 3.05) is 7.11 Å². The molecule has 1 atom stereocenters. The van der Waals surface area contributed by atoms with Crippen LogP contribution in [0.2, 0.25) is 0 Å². The van der Waals surface area contributed by atoms with E-state index in [0.717, 1.165) is 24.0 Å². The summed E-state index contributed by atoms with van der Waals surface area (Å²) in [6.07, 6.45) is 12.6. The molecule has 1 saturated carbocycles. The lowest BCUT2D eigenvalue weighted by molar-refractivity contribution is 0.385. The average molecular weight is 425 g/mol. The molecule has 0 amide bonds. The second-order valence-corrected chi connectivity index (χ2v) is 7.25. The number of aryl methyl sites for hydroxylation is 1. The average Bonchev–Trinajstić information content (AvgIpc) is 2.84. The molecule has 1 nitrogen and oxygen atoms in total. The van der Waals surface area contributed by atoms with Crippen LogP contribution in [0.1, 0.15) is 133 Å². The van der Waals surface area contributed by atoms with Gasteiger partial charge in [0.2, 0.25) is 0 Å². The third-order valence-electron chi connectivity index (χ3n) is 4.94. The van der Waals surface area contributed by atoms with Crippen molar-refractivity contribution in [1.29, 1.82) is 0 Å². The van der Waals surface area contributed by atoms with Crippen molar-refractivity contribution in [1.82, 2.24) is 0 Å². The molecular formula is C29H60O. The lowest BCUT2D eigenvalue weighted by atomic mass is 9.91. The minimum atomic E-state index is 0.928. The first-order chi connectivity index (χ1) is 14.6. The van der Waals surface area contributed by atoms with E-state index >= 15 is 0 Å². The van der Waals surface area contributed by atoms with Crippen LogP contribution in [0.15, 0.2) is 24.3 Å². The van der Waals surface area contributed by atoms with Crippen LogP contribution >= 0.6 is 0 Å². The molecule has 0 saturated heterocycles. The third kappa shape index (κ3) is 27.0. The first-order valence-corrected chi connectivity index (χ1v) is 13.2. The van der Waals surface area contributed by atoms with E-state index in [1.54, 1.807) is 7.11 Å². The Labute approximate surface area is 193 Å². The number of hydrogen-bond acceptors (Lipinski definition) is 1. The standard InChI is InChI=1S/C9H12O.C7H14.C7H16.3C2H6/c1-3-8-4-6-9(10-2)7-5-8;1-7-5-3-2-4-6-7;1-4-6-7(3)5-2;3*1-2/h4-7H,3H2,1-2H3;7H,2-6H2,1H3;7H,4-6H2,1-3H3;3*1-2H3. The zero-order valence-corrected chi connectivity index (χ0v) is 23.2. The first kappa shape index (κ1) is 36.4. The highest BCUT2D eigenvalue weighted by Crippen LogP contribution is 2.22. The Hall–Kier alpha value is -0.980. The van der Waals surface area contributed by atoms with Gasteiger partial charge in [-0.1, -0.05) is 140 Å². The van der Waals surface area contributed by atoms with Gasteiger partial charge in [-0.05, 0) is 36.0 Å². The van der Waals surface area contributed by atoms with Crippen LogP contribution in [0.25, 0.3) is 0 Å². The molecule has 1 aliphatic carbocycles. The fraction of sp³-hybridized carbons (Fsp3) is 0.793. The van der Waals surface area contributed by atoms with E-state index in [2.05, 4.69) is 46.8 Å². The Bertz CT molecular complexity index is 337. The van der Waals surface area contributed by atoms with Crippen LogP contribution in [0.3, 0.4) is 0 Å². The molecule has 1 fully saturated rings. The number of ether oxygens (including phenoxy) is 1. The topological polar surface area (TPSA) is 9.23 Å². The van der Waals surface area contributed by atoms with E-state index in [4.69, 9.17) is 4.74 Å². The minimum Gasteiger partial charge on any atom is -0.497 e. The van der Waals surface area contributed by atoms with E-state index in [0.29, 0.717) is 0 Å². The number of benzene rings is 1. The van der Waals surface area contributed by atoms with Crippen LogP contribution in [0, 0.1) is 11.8 Å². The van der Waals surface area contributed by atoms with Crippen molar-refractivity contribution >= 4 is 0 Å². The Morgan fingerprint density at radius 2 is 1.30 bits per heavy atom. The fourth-order valence-corrected chi connectivity index (χ4v) is 2.86. The maximum Gasteiger partial charge on any atom is 0.118 e. The van der Waals surface area contributed by atoms with Gasteiger partial charge in [0.1, 0.15) is 5.75 Å². The molecule has 1 aromatic carbocycles.